The van der Waals surface area contributed by atoms with Gasteiger partial charge in [-0.15, -0.1) is 0 Å². The van der Waals surface area contributed by atoms with Gasteiger partial charge in [-0.1, -0.05) is 6.42 Å². The van der Waals surface area contributed by atoms with Crippen molar-refractivity contribution >= 4 is 0 Å². The molecule has 4 aliphatic rings. The molecule has 3 N–H and O–H groups in total. The standard InChI is InChI=1S/C23H43N3O3/c1-24-23-13-19(16-6-9-29-10-7-16)20-12-22(28-2)17(11-21(20)25-23)5-3-4-8-26-14-18(27)15-26/h16-25,27H,3-15H2,1-2H3. The van der Waals surface area contributed by atoms with E-state index in [0.717, 1.165) is 50.6 Å². The van der Waals surface area contributed by atoms with Crippen molar-refractivity contribution in [3.63, 3.8) is 0 Å². The summed E-state index contributed by atoms with van der Waals surface area (Å²) in [5.41, 5.74) is 0. The SMILES string of the molecule is CNC1CC(C2CCOCC2)C2CC(OC)C(CCCCN3CC(O)C3)CC2N1. The maximum absolute atomic E-state index is 9.44. The Morgan fingerprint density at radius 3 is 2.59 bits per heavy atom. The second kappa shape index (κ2) is 10.4. The molecule has 6 unspecified atom stereocenters. The molecule has 168 valence electrons. The second-order valence-corrected chi connectivity index (χ2v) is 10.0. The zero-order valence-electron chi connectivity index (χ0n) is 18.5. The number of piperidine rings is 1. The topological polar surface area (TPSA) is 66.0 Å². The minimum absolute atomic E-state index is 0.0793. The Balaban J connectivity index is 1.32. The quantitative estimate of drug-likeness (QED) is 0.532. The van der Waals surface area contributed by atoms with E-state index in [1.807, 2.05) is 7.11 Å². The van der Waals surface area contributed by atoms with Crippen LogP contribution in [0.2, 0.25) is 0 Å². The Labute approximate surface area is 177 Å². The molecule has 3 aliphatic heterocycles. The van der Waals surface area contributed by atoms with Crippen molar-refractivity contribution in [1.29, 1.82) is 0 Å². The summed E-state index contributed by atoms with van der Waals surface area (Å²) in [6.45, 7) is 4.77. The van der Waals surface area contributed by atoms with Crippen LogP contribution in [0.15, 0.2) is 0 Å². The Kier molecular flexibility index (Phi) is 7.87. The van der Waals surface area contributed by atoms with E-state index in [-0.39, 0.29) is 6.10 Å². The summed E-state index contributed by atoms with van der Waals surface area (Å²) >= 11 is 0. The van der Waals surface area contributed by atoms with E-state index in [1.54, 1.807) is 0 Å². The third-order valence-electron chi connectivity index (χ3n) is 8.34. The average molecular weight is 410 g/mol. The van der Waals surface area contributed by atoms with Crippen molar-refractivity contribution in [3.05, 3.63) is 0 Å². The number of aliphatic hydroxyl groups is 1. The molecule has 29 heavy (non-hydrogen) atoms. The van der Waals surface area contributed by atoms with Crippen LogP contribution >= 0.6 is 0 Å². The average Bonchev–Trinajstić information content (AvgIpc) is 2.74. The predicted octanol–water partition coefficient (Wildman–Crippen LogP) is 1.82. The molecule has 0 aromatic heterocycles. The van der Waals surface area contributed by atoms with Crippen LogP contribution in [0.4, 0.5) is 0 Å². The van der Waals surface area contributed by atoms with Crippen molar-refractivity contribution in [3.8, 4) is 0 Å². The first-order chi connectivity index (χ1) is 14.2. The van der Waals surface area contributed by atoms with Crippen molar-refractivity contribution in [2.45, 2.75) is 75.8 Å². The highest BCUT2D eigenvalue weighted by Crippen LogP contribution is 2.45. The van der Waals surface area contributed by atoms with E-state index in [0.29, 0.717) is 24.2 Å². The van der Waals surface area contributed by atoms with Gasteiger partial charge in [0.15, 0.2) is 0 Å². The van der Waals surface area contributed by atoms with E-state index in [1.165, 1.54) is 51.4 Å². The van der Waals surface area contributed by atoms with Crippen molar-refractivity contribution in [2.75, 3.05) is 47.0 Å². The molecule has 6 nitrogen and oxygen atoms in total. The van der Waals surface area contributed by atoms with Crippen LogP contribution in [-0.2, 0) is 9.47 Å². The van der Waals surface area contributed by atoms with Crippen LogP contribution in [0.25, 0.3) is 0 Å². The lowest BCUT2D eigenvalue weighted by atomic mass is 9.62. The zero-order valence-corrected chi connectivity index (χ0v) is 18.5. The maximum atomic E-state index is 9.44. The second-order valence-electron chi connectivity index (χ2n) is 10.0. The normalized spacial score (nSPS) is 39.8. The molecule has 0 aromatic rings. The molecule has 0 amide bonds. The first-order valence-electron chi connectivity index (χ1n) is 12.1. The number of nitrogens with zero attached hydrogens (tertiary/aromatic N) is 1. The number of hydrogen-bond acceptors (Lipinski definition) is 6. The molecule has 6 heteroatoms. The largest absolute Gasteiger partial charge is 0.390 e. The van der Waals surface area contributed by atoms with Gasteiger partial charge in [-0.3, -0.25) is 10.2 Å². The fourth-order valence-electron chi connectivity index (χ4n) is 6.66. The minimum Gasteiger partial charge on any atom is -0.390 e. The van der Waals surface area contributed by atoms with Gasteiger partial charge in [0.05, 0.1) is 18.4 Å². The molecule has 1 aliphatic carbocycles. The van der Waals surface area contributed by atoms with Gasteiger partial charge >= 0.3 is 0 Å². The van der Waals surface area contributed by atoms with E-state index in [9.17, 15) is 5.11 Å². The maximum Gasteiger partial charge on any atom is 0.0793 e. The molecule has 0 radical (unpaired) electrons. The number of aliphatic hydroxyl groups excluding tert-OH is 1. The highest BCUT2D eigenvalue weighted by atomic mass is 16.5. The van der Waals surface area contributed by atoms with Crippen LogP contribution in [0.3, 0.4) is 0 Å². The summed E-state index contributed by atoms with van der Waals surface area (Å²) < 4.78 is 11.7. The summed E-state index contributed by atoms with van der Waals surface area (Å²) in [4.78, 5) is 2.37. The van der Waals surface area contributed by atoms with Crippen molar-refractivity contribution < 1.29 is 14.6 Å². The van der Waals surface area contributed by atoms with E-state index < -0.39 is 0 Å². The van der Waals surface area contributed by atoms with Gasteiger partial charge in [0, 0.05) is 39.5 Å². The third-order valence-corrected chi connectivity index (χ3v) is 8.34. The fraction of sp³-hybridized carbons (Fsp3) is 1.00. The van der Waals surface area contributed by atoms with Gasteiger partial charge in [-0.25, -0.2) is 0 Å². The summed E-state index contributed by atoms with van der Waals surface area (Å²) in [5, 5.41) is 16.9. The smallest absolute Gasteiger partial charge is 0.0793 e. The number of fused-ring (bicyclic) bond motifs is 1. The van der Waals surface area contributed by atoms with E-state index >= 15 is 0 Å². The van der Waals surface area contributed by atoms with E-state index in [4.69, 9.17) is 9.47 Å². The number of hydrogen-bond donors (Lipinski definition) is 3. The first kappa shape index (κ1) is 22.0. The molecule has 0 aromatic carbocycles. The Morgan fingerprint density at radius 2 is 1.90 bits per heavy atom. The summed E-state index contributed by atoms with van der Waals surface area (Å²) in [6, 6.07) is 0.621. The number of rotatable bonds is 8. The number of nitrogens with one attached hydrogen (secondary N) is 2. The highest BCUT2D eigenvalue weighted by molar-refractivity contribution is 5.00. The monoisotopic (exact) mass is 409 g/mol. The van der Waals surface area contributed by atoms with Gasteiger partial charge in [0.2, 0.25) is 0 Å². The number of likely N-dealkylation sites (tertiary alicyclic amines) is 1. The third kappa shape index (κ3) is 5.34. The number of ether oxygens (including phenoxy) is 2. The van der Waals surface area contributed by atoms with Gasteiger partial charge in [0.1, 0.15) is 0 Å². The van der Waals surface area contributed by atoms with Crippen LogP contribution in [0.5, 0.6) is 0 Å². The van der Waals surface area contributed by atoms with Crippen LogP contribution in [-0.4, -0.2) is 81.4 Å². The number of β-amino-alcohol motifs (C(OH)–C–C–N with tert-alkyl or cyclic N) is 1. The molecule has 3 heterocycles. The lowest BCUT2D eigenvalue weighted by Crippen LogP contribution is -2.61. The van der Waals surface area contributed by atoms with Crippen molar-refractivity contribution in [2.24, 2.45) is 23.7 Å². The number of methoxy groups -OCH3 is 1. The van der Waals surface area contributed by atoms with Gasteiger partial charge in [0.25, 0.3) is 0 Å². The lowest BCUT2D eigenvalue weighted by molar-refractivity contribution is -0.0642. The highest BCUT2D eigenvalue weighted by Gasteiger charge is 2.46. The zero-order chi connectivity index (χ0) is 20.2. The fourth-order valence-corrected chi connectivity index (χ4v) is 6.66. The van der Waals surface area contributed by atoms with Crippen LogP contribution in [0, 0.1) is 23.7 Å². The molecule has 0 spiro atoms. The Hall–Kier alpha value is -0.240. The minimum atomic E-state index is -0.0793. The summed E-state index contributed by atoms with van der Waals surface area (Å²) in [5.74, 6) is 3.02. The summed E-state index contributed by atoms with van der Waals surface area (Å²) in [7, 11) is 4.03. The molecular formula is C23H43N3O3. The molecule has 4 fully saturated rings. The molecule has 4 rings (SSSR count). The van der Waals surface area contributed by atoms with Gasteiger partial charge < -0.3 is 19.9 Å². The lowest BCUT2D eigenvalue weighted by Gasteiger charge is -2.52. The predicted molar refractivity (Wildman–Crippen MR) is 115 cm³/mol. The summed E-state index contributed by atoms with van der Waals surface area (Å²) in [6.07, 6.45) is 10.7. The molecule has 6 atom stereocenters. The van der Waals surface area contributed by atoms with Crippen molar-refractivity contribution in [1.82, 2.24) is 15.5 Å². The molecule has 0 bridgehead atoms. The van der Waals surface area contributed by atoms with Gasteiger partial charge in [-0.2, -0.15) is 0 Å². The Bertz CT molecular complexity index is 496. The van der Waals surface area contributed by atoms with E-state index in [2.05, 4.69) is 22.6 Å². The first-order valence-corrected chi connectivity index (χ1v) is 12.1. The molecular weight excluding hydrogens is 366 g/mol. The van der Waals surface area contributed by atoms with Crippen LogP contribution in [0.1, 0.15) is 51.4 Å². The Morgan fingerprint density at radius 1 is 1.10 bits per heavy atom. The number of unbranched alkanes of at least 4 members (excludes halogenated alkanes) is 1. The molecule has 1 saturated carbocycles. The van der Waals surface area contributed by atoms with Gasteiger partial charge in [-0.05, 0) is 82.2 Å². The molecule has 3 saturated heterocycles. The van der Waals surface area contributed by atoms with Crippen LogP contribution < -0.4 is 10.6 Å².